The normalized spacial score (nSPS) is 11.1. The highest BCUT2D eigenvalue weighted by molar-refractivity contribution is 5.99. The van der Waals surface area contributed by atoms with Gasteiger partial charge in [-0.15, -0.1) is 5.10 Å². The summed E-state index contributed by atoms with van der Waals surface area (Å²) in [6, 6.07) is 12.8. The van der Waals surface area contributed by atoms with Crippen molar-refractivity contribution in [3.63, 3.8) is 0 Å². The zero-order valence-corrected chi connectivity index (χ0v) is 18.1. The minimum Gasteiger partial charge on any atom is -0.497 e. The van der Waals surface area contributed by atoms with Gasteiger partial charge in [0.25, 0.3) is 0 Å². The van der Waals surface area contributed by atoms with Gasteiger partial charge in [0, 0.05) is 11.8 Å². The van der Waals surface area contributed by atoms with Gasteiger partial charge in [0.2, 0.25) is 0 Å². The molecule has 0 aliphatic heterocycles. The van der Waals surface area contributed by atoms with Crippen LogP contribution in [-0.4, -0.2) is 35.2 Å². The number of urea groups is 1. The molecule has 0 aliphatic rings. The molecule has 1 heterocycles. The predicted molar refractivity (Wildman–Crippen MR) is 117 cm³/mol. The lowest BCUT2D eigenvalue weighted by Gasteiger charge is -2.19. The molecule has 8 heteroatoms. The number of benzene rings is 2. The minimum absolute atomic E-state index is 0.0107. The number of nitrogens with zero attached hydrogens (tertiary/aromatic N) is 3. The van der Waals surface area contributed by atoms with Crippen molar-refractivity contribution in [2.45, 2.75) is 33.1 Å². The summed E-state index contributed by atoms with van der Waals surface area (Å²) in [5.74, 6) is 1.62. The third-order valence-corrected chi connectivity index (χ3v) is 4.73. The molecule has 0 bridgehead atoms. The van der Waals surface area contributed by atoms with Crippen molar-refractivity contribution in [2.75, 3.05) is 24.9 Å². The summed E-state index contributed by atoms with van der Waals surface area (Å²) in [5.41, 5.74) is 3.14. The molecule has 3 aromatic rings. The van der Waals surface area contributed by atoms with E-state index in [0.29, 0.717) is 34.4 Å². The fourth-order valence-electron chi connectivity index (χ4n) is 2.97. The maximum Gasteiger partial charge on any atom is 0.324 e. The van der Waals surface area contributed by atoms with Gasteiger partial charge in [0.1, 0.15) is 17.2 Å². The van der Waals surface area contributed by atoms with Gasteiger partial charge >= 0.3 is 6.03 Å². The minimum atomic E-state index is -0.395. The number of rotatable bonds is 5. The molecule has 2 aromatic carbocycles. The summed E-state index contributed by atoms with van der Waals surface area (Å²) in [7, 11) is 3.17. The average Bonchev–Trinajstić information content (AvgIpc) is 3.07. The van der Waals surface area contributed by atoms with Crippen LogP contribution in [0.1, 0.15) is 32.0 Å². The molecule has 0 saturated heterocycles. The Balaban J connectivity index is 1.80. The van der Waals surface area contributed by atoms with Crippen LogP contribution in [0.2, 0.25) is 0 Å². The first-order valence-corrected chi connectivity index (χ1v) is 9.56. The Hall–Kier alpha value is -3.55. The van der Waals surface area contributed by atoms with E-state index in [-0.39, 0.29) is 5.41 Å². The van der Waals surface area contributed by atoms with E-state index in [4.69, 9.17) is 9.47 Å². The fourth-order valence-corrected chi connectivity index (χ4v) is 2.97. The van der Waals surface area contributed by atoms with E-state index in [1.54, 1.807) is 37.1 Å². The van der Waals surface area contributed by atoms with E-state index in [0.717, 1.165) is 5.56 Å². The van der Waals surface area contributed by atoms with Crippen molar-refractivity contribution in [2.24, 2.45) is 0 Å². The first-order valence-electron chi connectivity index (χ1n) is 9.56. The number of amides is 2. The lowest BCUT2D eigenvalue weighted by Crippen LogP contribution is -2.21. The Kier molecular flexibility index (Phi) is 5.96. The smallest absolute Gasteiger partial charge is 0.324 e. The van der Waals surface area contributed by atoms with E-state index in [9.17, 15) is 4.79 Å². The van der Waals surface area contributed by atoms with E-state index < -0.39 is 6.03 Å². The number of nitrogens with one attached hydrogen (secondary N) is 2. The molecule has 2 N–H and O–H groups in total. The molecule has 3 rings (SSSR count). The molecule has 0 aliphatic carbocycles. The molecule has 0 spiro atoms. The van der Waals surface area contributed by atoms with Crippen molar-refractivity contribution >= 4 is 17.5 Å². The molecule has 0 saturated carbocycles. The Morgan fingerprint density at radius 3 is 2.47 bits per heavy atom. The van der Waals surface area contributed by atoms with E-state index in [2.05, 4.69) is 41.7 Å². The summed E-state index contributed by atoms with van der Waals surface area (Å²) >= 11 is 0. The topological polar surface area (TPSA) is 90.3 Å². The standard InChI is InChI=1S/C22H27N5O3/c1-14-20(24-21(28)23-16-9-7-8-15(12-16)22(2,3)4)25-26-27(14)18-13-17(29-5)10-11-19(18)30-6/h7-13H,1-6H3,(H2,23,24,28). The Morgan fingerprint density at radius 2 is 1.80 bits per heavy atom. The second-order valence-electron chi connectivity index (χ2n) is 7.88. The van der Waals surface area contributed by atoms with Gasteiger partial charge in [0.05, 0.1) is 19.9 Å². The summed E-state index contributed by atoms with van der Waals surface area (Å²) < 4.78 is 12.3. The van der Waals surface area contributed by atoms with Gasteiger partial charge in [-0.3, -0.25) is 5.32 Å². The lowest BCUT2D eigenvalue weighted by atomic mass is 9.87. The van der Waals surface area contributed by atoms with Crippen LogP contribution >= 0.6 is 0 Å². The molecule has 2 amide bonds. The summed E-state index contributed by atoms with van der Waals surface area (Å²) in [5, 5.41) is 13.9. The number of anilines is 2. The zero-order valence-electron chi connectivity index (χ0n) is 18.1. The second kappa shape index (κ2) is 8.44. The zero-order chi connectivity index (χ0) is 21.9. The molecule has 1 aromatic heterocycles. The molecule has 0 radical (unpaired) electrons. The van der Waals surface area contributed by atoms with Gasteiger partial charge in [-0.05, 0) is 42.2 Å². The van der Waals surface area contributed by atoms with Crippen LogP contribution in [0.3, 0.4) is 0 Å². The van der Waals surface area contributed by atoms with Gasteiger partial charge in [-0.25, -0.2) is 9.48 Å². The van der Waals surface area contributed by atoms with Crippen LogP contribution in [0.15, 0.2) is 42.5 Å². The maximum atomic E-state index is 12.5. The first-order chi connectivity index (χ1) is 14.2. The highest BCUT2D eigenvalue weighted by Crippen LogP contribution is 2.29. The molecule has 0 fully saturated rings. The summed E-state index contributed by atoms with van der Waals surface area (Å²) in [4.78, 5) is 12.5. The fraction of sp³-hybridized carbons (Fsp3) is 0.318. The molecular formula is C22H27N5O3. The number of ether oxygens (including phenoxy) is 2. The van der Waals surface area contributed by atoms with E-state index in [1.165, 1.54) is 0 Å². The largest absolute Gasteiger partial charge is 0.497 e. The monoisotopic (exact) mass is 409 g/mol. The number of aromatic nitrogens is 3. The predicted octanol–water partition coefficient (Wildman–Crippen LogP) is 4.53. The quantitative estimate of drug-likeness (QED) is 0.646. The molecular weight excluding hydrogens is 382 g/mol. The molecule has 30 heavy (non-hydrogen) atoms. The van der Waals surface area contributed by atoms with E-state index in [1.807, 2.05) is 31.2 Å². The average molecular weight is 409 g/mol. The Labute approximate surface area is 176 Å². The molecule has 8 nitrogen and oxygen atoms in total. The van der Waals surface area contributed by atoms with Crippen molar-refractivity contribution in [3.05, 3.63) is 53.7 Å². The number of methoxy groups -OCH3 is 2. The van der Waals surface area contributed by atoms with Crippen molar-refractivity contribution in [1.82, 2.24) is 15.0 Å². The van der Waals surface area contributed by atoms with Gasteiger partial charge in [-0.1, -0.05) is 38.1 Å². The number of carbonyl (C=O) groups is 1. The second-order valence-corrected chi connectivity index (χ2v) is 7.88. The summed E-state index contributed by atoms with van der Waals surface area (Å²) in [6.07, 6.45) is 0. The highest BCUT2D eigenvalue weighted by atomic mass is 16.5. The van der Waals surface area contributed by atoms with Gasteiger partial charge in [0.15, 0.2) is 5.82 Å². The number of carbonyl (C=O) groups excluding carboxylic acids is 1. The number of hydrogen-bond donors (Lipinski definition) is 2. The first kappa shape index (κ1) is 21.2. The molecule has 158 valence electrons. The van der Waals surface area contributed by atoms with Crippen LogP contribution in [-0.2, 0) is 5.41 Å². The van der Waals surface area contributed by atoms with Crippen LogP contribution in [0.25, 0.3) is 5.69 Å². The van der Waals surface area contributed by atoms with Gasteiger partial charge in [-0.2, -0.15) is 0 Å². The summed E-state index contributed by atoms with van der Waals surface area (Å²) in [6.45, 7) is 8.19. The SMILES string of the molecule is COc1ccc(OC)c(-n2nnc(NC(=O)Nc3cccc(C(C)(C)C)c3)c2C)c1. The van der Waals surface area contributed by atoms with Crippen molar-refractivity contribution in [3.8, 4) is 17.2 Å². The van der Waals surface area contributed by atoms with Crippen LogP contribution < -0.4 is 20.1 Å². The van der Waals surface area contributed by atoms with Crippen LogP contribution in [0.5, 0.6) is 11.5 Å². The maximum absolute atomic E-state index is 12.5. The Morgan fingerprint density at radius 1 is 1.03 bits per heavy atom. The lowest BCUT2D eigenvalue weighted by molar-refractivity contribution is 0.262. The third-order valence-electron chi connectivity index (χ3n) is 4.73. The third kappa shape index (κ3) is 4.53. The van der Waals surface area contributed by atoms with Gasteiger partial charge < -0.3 is 14.8 Å². The Bertz CT molecular complexity index is 1050. The van der Waals surface area contributed by atoms with Crippen molar-refractivity contribution in [1.29, 1.82) is 0 Å². The van der Waals surface area contributed by atoms with Crippen molar-refractivity contribution < 1.29 is 14.3 Å². The molecule has 0 unspecified atom stereocenters. The van der Waals surface area contributed by atoms with Crippen LogP contribution in [0, 0.1) is 6.92 Å². The molecule has 0 atom stereocenters. The van der Waals surface area contributed by atoms with E-state index >= 15 is 0 Å². The van der Waals surface area contributed by atoms with Crippen LogP contribution in [0.4, 0.5) is 16.3 Å². The number of hydrogen-bond acceptors (Lipinski definition) is 5. The highest BCUT2D eigenvalue weighted by Gasteiger charge is 2.17.